The predicted octanol–water partition coefficient (Wildman–Crippen LogP) is 12.3. The van der Waals surface area contributed by atoms with Gasteiger partial charge in [-0.05, 0) is 82.6 Å². The standard InChI is InChI=1S/C48H34N2/c1-3-12-33(13-4-1)35-22-24-37(25-23-35)38-16-11-17-40(32-38)50-44-21-10-8-19-42(44)48-46(50)31-30-45-47(48)41-18-7-9-20-43(41)49(45)39-28-26-36(27-29-39)34-14-5-2-6-15-34/h1-29,32H,30-31H2. The summed E-state index contributed by atoms with van der Waals surface area (Å²) >= 11 is 0. The third kappa shape index (κ3) is 4.57. The molecule has 1 aliphatic carbocycles. The van der Waals surface area contributed by atoms with E-state index >= 15 is 0 Å². The van der Waals surface area contributed by atoms with Crippen molar-refractivity contribution in [2.75, 3.05) is 0 Å². The van der Waals surface area contributed by atoms with Crippen LogP contribution in [0.4, 0.5) is 0 Å². The molecule has 0 saturated heterocycles. The Hall–Kier alpha value is -6.38. The minimum atomic E-state index is 0.964. The van der Waals surface area contributed by atoms with Gasteiger partial charge in [-0.15, -0.1) is 0 Å². The number of nitrogens with zero attached hydrogens (tertiary/aromatic N) is 2. The van der Waals surface area contributed by atoms with Crippen molar-refractivity contribution in [1.82, 2.24) is 9.13 Å². The second-order valence-corrected chi connectivity index (χ2v) is 13.3. The summed E-state index contributed by atoms with van der Waals surface area (Å²) in [7, 11) is 0. The molecule has 2 heteroatoms. The smallest absolute Gasteiger partial charge is 0.0537 e. The van der Waals surface area contributed by atoms with Gasteiger partial charge in [0, 0.05) is 44.7 Å². The summed E-state index contributed by atoms with van der Waals surface area (Å²) in [6.07, 6.45) is 1.93. The fourth-order valence-corrected chi connectivity index (χ4v) is 8.19. The molecule has 236 valence electrons. The van der Waals surface area contributed by atoms with Crippen molar-refractivity contribution in [3.8, 4) is 55.9 Å². The van der Waals surface area contributed by atoms with Crippen LogP contribution in [0.1, 0.15) is 11.4 Å². The third-order valence-electron chi connectivity index (χ3n) is 10.5. The van der Waals surface area contributed by atoms with E-state index < -0.39 is 0 Å². The molecule has 9 aromatic rings. The zero-order valence-electron chi connectivity index (χ0n) is 27.6. The SMILES string of the molecule is c1ccc(-c2ccc(-c3cccc(-n4c5c(c6ccccc64)-c4c(n(-c6ccc(-c7ccccc7)cc6)c6ccccc46)CC5)c3)cc2)cc1. The highest BCUT2D eigenvalue weighted by Crippen LogP contribution is 2.47. The molecule has 10 rings (SSSR count). The molecule has 0 unspecified atom stereocenters. The Morgan fingerprint density at radius 1 is 0.300 bits per heavy atom. The van der Waals surface area contributed by atoms with Gasteiger partial charge in [-0.2, -0.15) is 0 Å². The van der Waals surface area contributed by atoms with Gasteiger partial charge in [0.25, 0.3) is 0 Å². The molecule has 0 bridgehead atoms. The quantitative estimate of drug-likeness (QED) is 0.178. The minimum Gasteiger partial charge on any atom is -0.313 e. The summed E-state index contributed by atoms with van der Waals surface area (Å²) in [5.74, 6) is 0. The van der Waals surface area contributed by atoms with Crippen LogP contribution < -0.4 is 0 Å². The number of hydrogen-bond acceptors (Lipinski definition) is 0. The van der Waals surface area contributed by atoms with E-state index in [1.165, 1.54) is 89.1 Å². The molecule has 0 aliphatic heterocycles. The predicted molar refractivity (Wildman–Crippen MR) is 209 cm³/mol. The van der Waals surface area contributed by atoms with Gasteiger partial charge in [0.15, 0.2) is 0 Å². The Labute approximate surface area is 292 Å². The molecule has 0 fully saturated rings. The molecular formula is C48H34N2. The van der Waals surface area contributed by atoms with E-state index in [1.54, 1.807) is 0 Å². The highest BCUT2D eigenvalue weighted by Gasteiger charge is 2.30. The molecule has 2 nitrogen and oxygen atoms in total. The third-order valence-corrected chi connectivity index (χ3v) is 10.5. The van der Waals surface area contributed by atoms with E-state index in [-0.39, 0.29) is 0 Å². The summed E-state index contributed by atoms with van der Waals surface area (Å²) in [6, 6.07) is 66.2. The average Bonchev–Trinajstić information content (AvgIpc) is 3.72. The lowest BCUT2D eigenvalue weighted by atomic mass is 9.91. The van der Waals surface area contributed by atoms with Crippen LogP contribution in [-0.2, 0) is 12.8 Å². The molecule has 0 amide bonds. The van der Waals surface area contributed by atoms with Crippen molar-refractivity contribution >= 4 is 21.8 Å². The highest BCUT2D eigenvalue weighted by atomic mass is 15.0. The molecule has 50 heavy (non-hydrogen) atoms. The Balaban J connectivity index is 1.11. The van der Waals surface area contributed by atoms with Crippen LogP contribution >= 0.6 is 0 Å². The van der Waals surface area contributed by atoms with E-state index in [0.717, 1.165) is 12.8 Å². The van der Waals surface area contributed by atoms with Crippen LogP contribution in [-0.4, -0.2) is 9.13 Å². The zero-order valence-corrected chi connectivity index (χ0v) is 27.6. The van der Waals surface area contributed by atoms with Crippen LogP contribution in [0.5, 0.6) is 0 Å². The van der Waals surface area contributed by atoms with E-state index in [9.17, 15) is 0 Å². The number of hydrogen-bond donors (Lipinski definition) is 0. The summed E-state index contributed by atoms with van der Waals surface area (Å²) in [5.41, 5.74) is 17.8. The Kier molecular flexibility index (Phi) is 6.67. The summed E-state index contributed by atoms with van der Waals surface area (Å²) in [6.45, 7) is 0. The maximum atomic E-state index is 2.52. The average molecular weight is 639 g/mol. The Bertz CT molecular complexity index is 2660. The Morgan fingerprint density at radius 3 is 1.24 bits per heavy atom. The van der Waals surface area contributed by atoms with Crippen molar-refractivity contribution in [1.29, 1.82) is 0 Å². The number of aromatic nitrogens is 2. The number of benzene rings is 7. The van der Waals surface area contributed by atoms with Crippen LogP contribution in [0.3, 0.4) is 0 Å². The molecular weight excluding hydrogens is 605 g/mol. The van der Waals surface area contributed by atoms with Crippen molar-refractivity contribution in [2.24, 2.45) is 0 Å². The number of rotatable bonds is 5. The van der Waals surface area contributed by atoms with E-state index in [4.69, 9.17) is 0 Å². The first-order valence-corrected chi connectivity index (χ1v) is 17.5. The van der Waals surface area contributed by atoms with E-state index in [0.29, 0.717) is 0 Å². The van der Waals surface area contributed by atoms with Gasteiger partial charge >= 0.3 is 0 Å². The fourth-order valence-electron chi connectivity index (χ4n) is 8.19. The van der Waals surface area contributed by atoms with Crippen LogP contribution in [0, 0.1) is 0 Å². The summed E-state index contributed by atoms with van der Waals surface area (Å²) in [5, 5.41) is 2.62. The first-order chi connectivity index (χ1) is 24.8. The van der Waals surface area contributed by atoms with Gasteiger partial charge in [0.2, 0.25) is 0 Å². The normalized spacial score (nSPS) is 12.2. The lowest BCUT2D eigenvalue weighted by molar-refractivity contribution is 0.822. The second-order valence-electron chi connectivity index (χ2n) is 13.3. The second kappa shape index (κ2) is 11.6. The van der Waals surface area contributed by atoms with E-state index in [1.807, 2.05) is 0 Å². The minimum absolute atomic E-state index is 0.964. The molecule has 2 aromatic heterocycles. The van der Waals surface area contributed by atoms with Gasteiger partial charge in [-0.3, -0.25) is 0 Å². The molecule has 7 aromatic carbocycles. The van der Waals surface area contributed by atoms with Crippen LogP contribution in [0.2, 0.25) is 0 Å². The molecule has 0 spiro atoms. The molecule has 0 N–H and O–H groups in total. The van der Waals surface area contributed by atoms with Crippen LogP contribution in [0.25, 0.3) is 77.7 Å². The van der Waals surface area contributed by atoms with Gasteiger partial charge in [-0.1, -0.05) is 146 Å². The van der Waals surface area contributed by atoms with Crippen molar-refractivity contribution in [2.45, 2.75) is 12.8 Å². The topological polar surface area (TPSA) is 9.86 Å². The largest absolute Gasteiger partial charge is 0.313 e. The Morgan fingerprint density at radius 2 is 0.700 bits per heavy atom. The maximum Gasteiger partial charge on any atom is 0.0537 e. The molecule has 0 atom stereocenters. The summed E-state index contributed by atoms with van der Waals surface area (Å²) < 4.78 is 5.03. The monoisotopic (exact) mass is 638 g/mol. The van der Waals surface area contributed by atoms with Gasteiger partial charge < -0.3 is 9.13 Å². The van der Waals surface area contributed by atoms with Gasteiger partial charge in [0.05, 0.1) is 11.0 Å². The first-order valence-electron chi connectivity index (χ1n) is 17.5. The molecule has 1 aliphatic rings. The lowest BCUT2D eigenvalue weighted by Crippen LogP contribution is -2.11. The van der Waals surface area contributed by atoms with Crippen molar-refractivity contribution in [3.63, 3.8) is 0 Å². The first kappa shape index (κ1) is 28.6. The highest BCUT2D eigenvalue weighted by molar-refractivity contribution is 6.09. The van der Waals surface area contributed by atoms with Gasteiger partial charge in [0.1, 0.15) is 0 Å². The molecule has 0 saturated carbocycles. The van der Waals surface area contributed by atoms with Crippen LogP contribution in [0.15, 0.2) is 182 Å². The van der Waals surface area contributed by atoms with E-state index in [2.05, 4.69) is 191 Å². The number of para-hydroxylation sites is 2. The van der Waals surface area contributed by atoms with Crippen molar-refractivity contribution in [3.05, 3.63) is 193 Å². The fraction of sp³-hybridized carbons (Fsp3) is 0.0417. The zero-order chi connectivity index (χ0) is 33.0. The maximum absolute atomic E-state index is 2.52. The lowest BCUT2D eigenvalue weighted by Gasteiger charge is -2.20. The van der Waals surface area contributed by atoms with Crippen molar-refractivity contribution < 1.29 is 0 Å². The molecule has 0 radical (unpaired) electrons. The molecule has 2 heterocycles. The van der Waals surface area contributed by atoms with Gasteiger partial charge in [-0.25, -0.2) is 0 Å². The summed E-state index contributed by atoms with van der Waals surface area (Å²) in [4.78, 5) is 0. The number of fused-ring (bicyclic) bond motifs is 7.